The number of nitrogens with zero attached hydrogens (tertiary/aromatic N) is 1. The van der Waals surface area contributed by atoms with E-state index in [4.69, 9.17) is 0 Å². The lowest BCUT2D eigenvalue weighted by Gasteiger charge is -2.13. The zero-order chi connectivity index (χ0) is 13.1. The van der Waals surface area contributed by atoms with Gasteiger partial charge in [-0.05, 0) is 30.5 Å². The summed E-state index contributed by atoms with van der Waals surface area (Å²) in [6.45, 7) is 1.88. The molecule has 0 aliphatic rings. The van der Waals surface area contributed by atoms with Gasteiger partial charge in [0.05, 0.1) is 11.0 Å². The Morgan fingerprint density at radius 2 is 2.17 bits per heavy atom. The first-order chi connectivity index (χ1) is 8.59. The third-order valence-electron chi connectivity index (χ3n) is 2.51. The minimum Gasteiger partial charge on any atom is -0.372 e. The Morgan fingerprint density at radius 3 is 2.78 bits per heavy atom. The molecule has 1 atom stereocenters. The molecule has 0 bridgehead atoms. The summed E-state index contributed by atoms with van der Waals surface area (Å²) in [5, 5.41) is 15.7. The minimum atomic E-state index is -0.830. The normalized spacial score (nSPS) is 12.1. The Balaban J connectivity index is 2.29. The maximum atomic E-state index is 13.4. The molecular weight excluding hydrogens is 255 g/mol. The van der Waals surface area contributed by atoms with Gasteiger partial charge >= 0.3 is 5.69 Å². The topological polar surface area (TPSA) is 55.2 Å². The molecule has 1 aromatic carbocycles. The number of rotatable bonds is 4. The van der Waals surface area contributed by atoms with Crippen LogP contribution in [-0.4, -0.2) is 4.92 Å². The Kier molecular flexibility index (Phi) is 3.57. The van der Waals surface area contributed by atoms with Crippen LogP contribution in [0.3, 0.4) is 0 Å². The highest BCUT2D eigenvalue weighted by Crippen LogP contribution is 2.31. The standard InChI is InChI=1S/C12H11FN2O2S/c1-8(11-6-3-7-18-11)14-10-5-2-4-9(13)12(10)15(16)17/h2-8,14H,1H3. The van der Waals surface area contributed by atoms with Gasteiger partial charge in [0.1, 0.15) is 5.69 Å². The highest BCUT2D eigenvalue weighted by atomic mass is 32.1. The molecule has 0 fully saturated rings. The van der Waals surface area contributed by atoms with Gasteiger partial charge in [0.25, 0.3) is 0 Å². The molecular formula is C12H11FN2O2S. The summed E-state index contributed by atoms with van der Waals surface area (Å²) in [5.74, 6) is -0.830. The third-order valence-corrected chi connectivity index (χ3v) is 3.57. The molecule has 18 heavy (non-hydrogen) atoms. The van der Waals surface area contributed by atoms with E-state index >= 15 is 0 Å². The summed E-state index contributed by atoms with van der Waals surface area (Å²) in [6.07, 6.45) is 0. The monoisotopic (exact) mass is 266 g/mol. The molecule has 0 aliphatic heterocycles. The SMILES string of the molecule is CC(Nc1cccc(F)c1[N+](=O)[O-])c1cccs1. The molecule has 0 aliphatic carbocycles. The molecule has 0 spiro atoms. The highest BCUT2D eigenvalue weighted by Gasteiger charge is 2.21. The van der Waals surface area contributed by atoms with E-state index in [1.165, 1.54) is 12.1 Å². The number of para-hydroxylation sites is 1. The van der Waals surface area contributed by atoms with Gasteiger partial charge in [-0.2, -0.15) is 4.39 Å². The summed E-state index contributed by atoms with van der Waals surface area (Å²) in [4.78, 5) is 11.2. The van der Waals surface area contributed by atoms with Crippen molar-refractivity contribution in [1.82, 2.24) is 0 Å². The Labute approximate surface area is 107 Å². The highest BCUT2D eigenvalue weighted by molar-refractivity contribution is 7.10. The van der Waals surface area contributed by atoms with Crippen molar-refractivity contribution in [2.45, 2.75) is 13.0 Å². The average Bonchev–Trinajstić information content (AvgIpc) is 2.81. The molecule has 0 saturated heterocycles. The first-order valence-corrected chi connectivity index (χ1v) is 6.20. The lowest BCUT2D eigenvalue weighted by Crippen LogP contribution is -2.07. The average molecular weight is 266 g/mol. The lowest BCUT2D eigenvalue weighted by molar-refractivity contribution is -0.386. The first-order valence-electron chi connectivity index (χ1n) is 5.32. The summed E-state index contributed by atoms with van der Waals surface area (Å²) < 4.78 is 13.4. The second-order valence-corrected chi connectivity index (χ2v) is 4.75. The number of nitro groups is 1. The number of halogens is 1. The van der Waals surface area contributed by atoms with Crippen LogP contribution in [0.5, 0.6) is 0 Å². The second-order valence-electron chi connectivity index (χ2n) is 3.77. The molecule has 1 unspecified atom stereocenters. The molecule has 2 aromatic rings. The van der Waals surface area contributed by atoms with Crippen molar-refractivity contribution in [3.63, 3.8) is 0 Å². The first kappa shape index (κ1) is 12.5. The quantitative estimate of drug-likeness (QED) is 0.673. The lowest BCUT2D eigenvalue weighted by atomic mass is 10.2. The van der Waals surface area contributed by atoms with Gasteiger partial charge < -0.3 is 5.32 Å². The summed E-state index contributed by atoms with van der Waals surface area (Å²) in [6, 6.07) is 7.76. The van der Waals surface area contributed by atoms with Crippen molar-refractivity contribution in [2.24, 2.45) is 0 Å². The maximum Gasteiger partial charge on any atom is 0.327 e. The molecule has 0 radical (unpaired) electrons. The Hall–Kier alpha value is -1.95. The van der Waals surface area contributed by atoms with Crippen LogP contribution < -0.4 is 5.32 Å². The fraction of sp³-hybridized carbons (Fsp3) is 0.167. The van der Waals surface area contributed by atoms with E-state index < -0.39 is 16.4 Å². The number of benzene rings is 1. The van der Waals surface area contributed by atoms with E-state index in [0.29, 0.717) is 0 Å². The third kappa shape index (κ3) is 2.48. The molecule has 2 rings (SSSR count). The smallest absolute Gasteiger partial charge is 0.327 e. The van der Waals surface area contributed by atoms with Crippen LogP contribution in [0.25, 0.3) is 0 Å². The van der Waals surface area contributed by atoms with Gasteiger partial charge in [-0.15, -0.1) is 11.3 Å². The van der Waals surface area contributed by atoms with E-state index in [9.17, 15) is 14.5 Å². The largest absolute Gasteiger partial charge is 0.372 e. The number of hydrogen-bond donors (Lipinski definition) is 1. The van der Waals surface area contributed by atoms with E-state index in [1.807, 2.05) is 24.4 Å². The van der Waals surface area contributed by atoms with E-state index in [2.05, 4.69) is 5.32 Å². The maximum absolute atomic E-state index is 13.4. The van der Waals surface area contributed by atoms with Gasteiger partial charge in [0, 0.05) is 4.88 Å². The number of nitrogens with one attached hydrogen (secondary N) is 1. The van der Waals surface area contributed by atoms with Crippen LogP contribution in [0.2, 0.25) is 0 Å². The van der Waals surface area contributed by atoms with E-state index in [0.717, 1.165) is 10.9 Å². The summed E-state index contributed by atoms with van der Waals surface area (Å²) >= 11 is 1.54. The predicted molar refractivity (Wildman–Crippen MR) is 69.4 cm³/mol. The second kappa shape index (κ2) is 5.14. The van der Waals surface area contributed by atoms with E-state index in [-0.39, 0.29) is 11.7 Å². The summed E-state index contributed by atoms with van der Waals surface area (Å²) in [7, 11) is 0. The molecule has 1 heterocycles. The minimum absolute atomic E-state index is 0.106. The number of hydrogen-bond acceptors (Lipinski definition) is 4. The molecule has 94 valence electrons. The molecule has 0 amide bonds. The van der Waals surface area contributed by atoms with Gasteiger partial charge in [0.15, 0.2) is 0 Å². The van der Waals surface area contributed by atoms with Crippen LogP contribution in [0.15, 0.2) is 35.7 Å². The molecule has 6 heteroatoms. The molecule has 1 N–H and O–H groups in total. The number of nitro benzene ring substituents is 1. The Bertz CT molecular complexity index is 557. The van der Waals surface area contributed by atoms with Crippen LogP contribution >= 0.6 is 11.3 Å². The van der Waals surface area contributed by atoms with Crippen molar-refractivity contribution in [2.75, 3.05) is 5.32 Å². The molecule has 4 nitrogen and oxygen atoms in total. The van der Waals surface area contributed by atoms with Crippen molar-refractivity contribution in [3.8, 4) is 0 Å². The van der Waals surface area contributed by atoms with Crippen LogP contribution in [0, 0.1) is 15.9 Å². The number of anilines is 1. The summed E-state index contributed by atoms with van der Waals surface area (Å²) in [5.41, 5.74) is -0.318. The van der Waals surface area contributed by atoms with Crippen LogP contribution in [0.1, 0.15) is 17.8 Å². The van der Waals surface area contributed by atoms with Gasteiger partial charge in [0.2, 0.25) is 5.82 Å². The zero-order valence-electron chi connectivity index (χ0n) is 9.59. The van der Waals surface area contributed by atoms with Crippen LogP contribution in [0.4, 0.5) is 15.8 Å². The fourth-order valence-electron chi connectivity index (χ4n) is 1.66. The fourth-order valence-corrected chi connectivity index (χ4v) is 2.39. The number of thiophene rings is 1. The van der Waals surface area contributed by atoms with Crippen molar-refractivity contribution < 1.29 is 9.31 Å². The van der Waals surface area contributed by atoms with Crippen molar-refractivity contribution in [3.05, 3.63) is 56.5 Å². The predicted octanol–water partition coefficient (Wildman–Crippen LogP) is 3.97. The van der Waals surface area contributed by atoms with E-state index in [1.54, 1.807) is 11.3 Å². The van der Waals surface area contributed by atoms with Gasteiger partial charge in [-0.1, -0.05) is 12.1 Å². The molecule has 1 aromatic heterocycles. The Morgan fingerprint density at radius 1 is 1.39 bits per heavy atom. The zero-order valence-corrected chi connectivity index (χ0v) is 10.4. The van der Waals surface area contributed by atoms with Crippen molar-refractivity contribution in [1.29, 1.82) is 0 Å². The van der Waals surface area contributed by atoms with Gasteiger partial charge in [-0.3, -0.25) is 10.1 Å². The van der Waals surface area contributed by atoms with Crippen molar-refractivity contribution >= 4 is 22.7 Å². The molecule has 0 saturated carbocycles. The van der Waals surface area contributed by atoms with Gasteiger partial charge in [-0.25, -0.2) is 0 Å². The van der Waals surface area contributed by atoms with Crippen LogP contribution in [-0.2, 0) is 0 Å².